The number of rotatable bonds is 4. The van der Waals surface area contributed by atoms with Gasteiger partial charge >= 0.3 is 0 Å². The van der Waals surface area contributed by atoms with Gasteiger partial charge in [0, 0.05) is 31.0 Å². The minimum Gasteiger partial charge on any atom is -0.360 e. The van der Waals surface area contributed by atoms with Gasteiger partial charge in [-0.15, -0.1) is 0 Å². The molecule has 0 amide bonds. The van der Waals surface area contributed by atoms with Crippen LogP contribution in [0.4, 0.5) is 5.82 Å². The summed E-state index contributed by atoms with van der Waals surface area (Å²) in [4.78, 5) is 12.2. The number of aromatic amines is 1. The van der Waals surface area contributed by atoms with Crippen molar-refractivity contribution < 1.29 is 0 Å². The molecular formula is C15H19N5. The molecule has 0 saturated heterocycles. The van der Waals surface area contributed by atoms with Crippen LogP contribution in [0.2, 0.25) is 0 Å². The van der Waals surface area contributed by atoms with E-state index in [9.17, 15) is 0 Å². The van der Waals surface area contributed by atoms with E-state index in [-0.39, 0.29) is 6.04 Å². The lowest BCUT2D eigenvalue weighted by molar-refractivity contribution is 0.507. The van der Waals surface area contributed by atoms with Crippen LogP contribution in [0.5, 0.6) is 0 Å². The van der Waals surface area contributed by atoms with Gasteiger partial charge in [0.2, 0.25) is 0 Å². The van der Waals surface area contributed by atoms with E-state index >= 15 is 0 Å². The predicted molar refractivity (Wildman–Crippen MR) is 80.5 cm³/mol. The molecule has 3 aromatic rings. The van der Waals surface area contributed by atoms with Crippen molar-refractivity contribution in [2.45, 2.75) is 19.9 Å². The summed E-state index contributed by atoms with van der Waals surface area (Å²) in [7, 11) is 2.01. The Morgan fingerprint density at radius 3 is 2.80 bits per heavy atom. The molecule has 0 aliphatic heterocycles. The molecule has 3 heterocycles. The van der Waals surface area contributed by atoms with Crippen molar-refractivity contribution in [2.24, 2.45) is 13.0 Å². The Balaban J connectivity index is 1.91. The van der Waals surface area contributed by atoms with E-state index in [1.807, 2.05) is 42.3 Å². The second-order valence-electron chi connectivity index (χ2n) is 5.37. The van der Waals surface area contributed by atoms with Crippen LogP contribution in [0, 0.1) is 5.92 Å². The minimum absolute atomic E-state index is 0.134. The zero-order valence-electron chi connectivity index (χ0n) is 12.0. The second kappa shape index (κ2) is 5.00. The summed E-state index contributed by atoms with van der Waals surface area (Å²) in [5.74, 6) is 2.30. The van der Waals surface area contributed by atoms with Crippen molar-refractivity contribution in [1.29, 1.82) is 0 Å². The van der Waals surface area contributed by atoms with Crippen molar-refractivity contribution in [2.75, 3.05) is 5.32 Å². The first-order chi connectivity index (χ1) is 9.65. The molecule has 104 valence electrons. The maximum atomic E-state index is 4.59. The third-order valence-electron chi connectivity index (χ3n) is 3.52. The Morgan fingerprint density at radius 2 is 2.10 bits per heavy atom. The first kappa shape index (κ1) is 12.7. The molecule has 1 unspecified atom stereocenters. The normalized spacial score (nSPS) is 13.0. The summed E-state index contributed by atoms with van der Waals surface area (Å²) < 4.78 is 2.05. The van der Waals surface area contributed by atoms with Gasteiger partial charge in [0.25, 0.3) is 0 Å². The lowest BCUT2D eigenvalue weighted by atomic mass is 10.0. The van der Waals surface area contributed by atoms with Crippen LogP contribution in [0.1, 0.15) is 25.7 Å². The number of hydrogen-bond acceptors (Lipinski definition) is 3. The van der Waals surface area contributed by atoms with Gasteiger partial charge in [0.1, 0.15) is 17.3 Å². The number of fused-ring (bicyclic) bond motifs is 1. The van der Waals surface area contributed by atoms with Crippen molar-refractivity contribution >= 4 is 16.9 Å². The average Bonchev–Trinajstić information content (AvgIpc) is 3.03. The molecular weight excluding hydrogens is 250 g/mol. The number of nitrogens with zero attached hydrogens (tertiary/aromatic N) is 3. The van der Waals surface area contributed by atoms with Crippen LogP contribution in [-0.4, -0.2) is 19.5 Å². The van der Waals surface area contributed by atoms with Gasteiger partial charge in [0.05, 0.1) is 6.04 Å². The Morgan fingerprint density at radius 1 is 1.25 bits per heavy atom. The summed E-state index contributed by atoms with van der Waals surface area (Å²) in [5.41, 5.74) is 0.900. The molecule has 0 spiro atoms. The quantitative estimate of drug-likeness (QED) is 0.765. The van der Waals surface area contributed by atoms with Crippen LogP contribution in [0.15, 0.2) is 36.8 Å². The molecule has 2 N–H and O–H groups in total. The monoisotopic (exact) mass is 269 g/mol. The maximum Gasteiger partial charge on any atom is 0.139 e. The summed E-state index contributed by atoms with van der Waals surface area (Å²) in [6.45, 7) is 4.36. The molecule has 0 aliphatic carbocycles. The molecule has 0 fully saturated rings. The van der Waals surface area contributed by atoms with Crippen molar-refractivity contribution in [3.63, 3.8) is 0 Å². The largest absolute Gasteiger partial charge is 0.360 e. The van der Waals surface area contributed by atoms with Gasteiger partial charge in [-0.2, -0.15) is 0 Å². The van der Waals surface area contributed by atoms with Crippen LogP contribution in [0.25, 0.3) is 11.0 Å². The Bertz CT molecular complexity index is 710. The highest BCUT2D eigenvalue weighted by molar-refractivity contribution is 5.77. The van der Waals surface area contributed by atoms with Crippen molar-refractivity contribution in [1.82, 2.24) is 19.5 Å². The fraction of sp³-hybridized carbons (Fsp3) is 0.333. The fourth-order valence-electron chi connectivity index (χ4n) is 2.38. The van der Waals surface area contributed by atoms with Gasteiger partial charge < -0.3 is 14.9 Å². The number of nitrogens with one attached hydrogen (secondary N) is 2. The van der Waals surface area contributed by atoms with Crippen LogP contribution >= 0.6 is 0 Å². The molecule has 3 rings (SSSR count). The number of H-pyrrole nitrogens is 1. The van der Waals surface area contributed by atoms with E-state index in [0.717, 1.165) is 22.7 Å². The van der Waals surface area contributed by atoms with Gasteiger partial charge in [-0.1, -0.05) is 13.8 Å². The molecule has 3 aromatic heterocycles. The first-order valence-corrected chi connectivity index (χ1v) is 6.83. The molecule has 5 nitrogen and oxygen atoms in total. The first-order valence-electron chi connectivity index (χ1n) is 6.83. The zero-order chi connectivity index (χ0) is 14.1. The lowest BCUT2D eigenvalue weighted by Gasteiger charge is -2.22. The standard InChI is InChI=1S/C15H19N5/c1-10(2)13(15-17-8-9-20(15)3)18-12-5-4-11-6-7-16-14(11)19-12/h4-10,13H,1-3H3,(H2,16,18,19). The van der Waals surface area contributed by atoms with Crippen molar-refractivity contribution in [3.05, 3.63) is 42.6 Å². The Kier molecular flexibility index (Phi) is 3.18. The number of pyridine rings is 1. The molecule has 0 bridgehead atoms. The highest BCUT2D eigenvalue weighted by atomic mass is 15.1. The smallest absolute Gasteiger partial charge is 0.139 e. The third kappa shape index (κ3) is 2.27. The van der Waals surface area contributed by atoms with E-state index in [0.29, 0.717) is 5.92 Å². The zero-order valence-corrected chi connectivity index (χ0v) is 12.0. The van der Waals surface area contributed by atoms with Crippen LogP contribution < -0.4 is 5.32 Å². The van der Waals surface area contributed by atoms with E-state index < -0.39 is 0 Å². The Labute approximate surface area is 118 Å². The molecule has 20 heavy (non-hydrogen) atoms. The lowest BCUT2D eigenvalue weighted by Crippen LogP contribution is -2.21. The highest BCUT2D eigenvalue weighted by Gasteiger charge is 2.20. The second-order valence-corrected chi connectivity index (χ2v) is 5.37. The Hall–Kier alpha value is -2.30. The maximum absolute atomic E-state index is 4.59. The molecule has 0 saturated carbocycles. The van der Waals surface area contributed by atoms with E-state index in [4.69, 9.17) is 0 Å². The van der Waals surface area contributed by atoms with Gasteiger partial charge in [-0.25, -0.2) is 9.97 Å². The van der Waals surface area contributed by atoms with E-state index in [1.54, 1.807) is 0 Å². The van der Waals surface area contributed by atoms with Crippen LogP contribution in [-0.2, 0) is 7.05 Å². The third-order valence-corrected chi connectivity index (χ3v) is 3.52. The fourth-order valence-corrected chi connectivity index (χ4v) is 2.38. The molecule has 1 atom stereocenters. The number of anilines is 1. The van der Waals surface area contributed by atoms with Gasteiger partial charge in [-0.3, -0.25) is 0 Å². The molecule has 0 radical (unpaired) electrons. The van der Waals surface area contributed by atoms with E-state index in [2.05, 4.69) is 40.2 Å². The highest BCUT2D eigenvalue weighted by Crippen LogP contribution is 2.25. The molecule has 5 heteroatoms. The summed E-state index contributed by atoms with van der Waals surface area (Å²) in [6, 6.07) is 6.23. The van der Waals surface area contributed by atoms with Gasteiger partial charge in [-0.05, 0) is 24.1 Å². The van der Waals surface area contributed by atoms with Crippen LogP contribution in [0.3, 0.4) is 0 Å². The summed E-state index contributed by atoms with van der Waals surface area (Å²) in [6.07, 6.45) is 5.70. The number of hydrogen-bond donors (Lipinski definition) is 2. The average molecular weight is 269 g/mol. The number of aromatic nitrogens is 4. The van der Waals surface area contributed by atoms with E-state index in [1.165, 1.54) is 0 Å². The predicted octanol–water partition coefficient (Wildman–Crippen LogP) is 3.11. The summed E-state index contributed by atoms with van der Waals surface area (Å²) >= 11 is 0. The number of aryl methyl sites for hydroxylation is 1. The topological polar surface area (TPSA) is 58.5 Å². The summed E-state index contributed by atoms with van der Waals surface area (Å²) in [5, 5.41) is 4.61. The number of imidazole rings is 1. The SMILES string of the molecule is CC(C)C(Nc1ccc2cc[nH]c2n1)c1nccn1C. The molecule has 0 aromatic carbocycles. The van der Waals surface area contributed by atoms with Crippen molar-refractivity contribution in [3.8, 4) is 0 Å². The van der Waals surface area contributed by atoms with Gasteiger partial charge in [0.15, 0.2) is 0 Å². The molecule has 0 aliphatic rings. The minimum atomic E-state index is 0.134.